The van der Waals surface area contributed by atoms with Gasteiger partial charge in [-0.05, 0) is 24.3 Å². The number of thiophene rings is 1. The van der Waals surface area contributed by atoms with Gasteiger partial charge in [-0.25, -0.2) is 4.79 Å². The number of methoxy groups -OCH3 is 1. The lowest BCUT2D eigenvalue weighted by atomic mass is 10.2. The Balaban J connectivity index is 2.05. The summed E-state index contributed by atoms with van der Waals surface area (Å²) in [5, 5.41) is 5.39. The molecule has 0 saturated heterocycles. The molecule has 4 heteroatoms. The smallest absolute Gasteiger partial charge is 0.328 e. The molecular weight excluding hydrogens is 222 g/mol. The van der Waals surface area contributed by atoms with Crippen LogP contribution >= 0.6 is 11.3 Å². The lowest BCUT2D eigenvalue weighted by molar-refractivity contribution is -0.143. The average molecular weight is 239 g/mol. The SMILES string of the molecule is COC(=O)C(NC1CCCC1)c1cccs1. The lowest BCUT2D eigenvalue weighted by Crippen LogP contribution is -2.35. The minimum Gasteiger partial charge on any atom is -0.468 e. The third-order valence-corrected chi connectivity index (χ3v) is 3.96. The molecule has 0 spiro atoms. The van der Waals surface area contributed by atoms with Gasteiger partial charge in [0.2, 0.25) is 0 Å². The standard InChI is InChI=1S/C12H17NO2S/c1-15-12(14)11(10-7-4-8-16-10)13-9-5-2-3-6-9/h4,7-9,11,13H,2-3,5-6H2,1H3. The number of esters is 1. The number of carbonyl (C=O) groups excluding carboxylic acids is 1. The van der Waals surface area contributed by atoms with Gasteiger partial charge in [0, 0.05) is 10.9 Å². The van der Waals surface area contributed by atoms with Crippen molar-refractivity contribution in [1.82, 2.24) is 5.32 Å². The van der Waals surface area contributed by atoms with E-state index in [9.17, 15) is 4.79 Å². The predicted molar refractivity (Wildman–Crippen MR) is 64.5 cm³/mol. The molecule has 16 heavy (non-hydrogen) atoms. The van der Waals surface area contributed by atoms with Crippen LogP contribution < -0.4 is 5.32 Å². The Morgan fingerprint density at radius 1 is 1.56 bits per heavy atom. The first-order chi connectivity index (χ1) is 7.81. The number of hydrogen-bond donors (Lipinski definition) is 1. The fraction of sp³-hybridized carbons (Fsp3) is 0.583. The van der Waals surface area contributed by atoms with Gasteiger partial charge in [0.05, 0.1) is 7.11 Å². The molecule has 88 valence electrons. The first-order valence-electron chi connectivity index (χ1n) is 5.68. The van der Waals surface area contributed by atoms with Crippen molar-refractivity contribution in [3.8, 4) is 0 Å². The third-order valence-electron chi connectivity index (χ3n) is 3.02. The van der Waals surface area contributed by atoms with Crippen molar-refractivity contribution >= 4 is 17.3 Å². The average Bonchev–Trinajstić information content (AvgIpc) is 2.97. The molecule has 1 aliphatic rings. The first kappa shape index (κ1) is 11.6. The fourth-order valence-electron chi connectivity index (χ4n) is 2.17. The summed E-state index contributed by atoms with van der Waals surface area (Å²) in [7, 11) is 1.44. The van der Waals surface area contributed by atoms with Gasteiger partial charge in [0.15, 0.2) is 0 Å². The molecule has 1 unspecified atom stereocenters. The highest BCUT2D eigenvalue weighted by molar-refractivity contribution is 7.10. The molecule has 0 bridgehead atoms. The number of ether oxygens (including phenoxy) is 1. The van der Waals surface area contributed by atoms with Crippen LogP contribution in [0.5, 0.6) is 0 Å². The van der Waals surface area contributed by atoms with Gasteiger partial charge in [-0.15, -0.1) is 11.3 Å². The van der Waals surface area contributed by atoms with Crippen molar-refractivity contribution in [3.63, 3.8) is 0 Å². The molecule has 1 saturated carbocycles. The van der Waals surface area contributed by atoms with Crippen LogP contribution in [0.4, 0.5) is 0 Å². The Morgan fingerprint density at radius 2 is 2.31 bits per heavy atom. The van der Waals surface area contributed by atoms with E-state index in [-0.39, 0.29) is 12.0 Å². The number of nitrogens with one attached hydrogen (secondary N) is 1. The maximum atomic E-state index is 11.7. The zero-order valence-electron chi connectivity index (χ0n) is 9.44. The van der Waals surface area contributed by atoms with E-state index in [4.69, 9.17) is 4.74 Å². The Morgan fingerprint density at radius 3 is 2.88 bits per heavy atom. The maximum Gasteiger partial charge on any atom is 0.328 e. The van der Waals surface area contributed by atoms with Crippen molar-refractivity contribution in [2.75, 3.05) is 7.11 Å². The molecule has 2 rings (SSSR count). The van der Waals surface area contributed by atoms with E-state index in [0.29, 0.717) is 6.04 Å². The molecule has 1 atom stereocenters. The largest absolute Gasteiger partial charge is 0.468 e. The summed E-state index contributed by atoms with van der Waals surface area (Å²) in [6, 6.07) is 4.12. The van der Waals surface area contributed by atoms with E-state index in [2.05, 4.69) is 5.32 Å². The molecule has 3 nitrogen and oxygen atoms in total. The molecule has 1 fully saturated rings. The molecule has 1 aromatic heterocycles. The van der Waals surface area contributed by atoms with Crippen molar-refractivity contribution in [2.45, 2.75) is 37.8 Å². The van der Waals surface area contributed by atoms with E-state index in [1.807, 2.05) is 17.5 Å². The lowest BCUT2D eigenvalue weighted by Gasteiger charge is -2.19. The summed E-state index contributed by atoms with van der Waals surface area (Å²) in [5.41, 5.74) is 0. The second-order valence-electron chi connectivity index (χ2n) is 4.12. The van der Waals surface area contributed by atoms with Gasteiger partial charge < -0.3 is 4.74 Å². The summed E-state index contributed by atoms with van der Waals surface area (Å²) in [5.74, 6) is -0.186. The summed E-state index contributed by atoms with van der Waals surface area (Å²) in [4.78, 5) is 12.8. The highest BCUT2D eigenvalue weighted by atomic mass is 32.1. The zero-order chi connectivity index (χ0) is 11.4. The zero-order valence-corrected chi connectivity index (χ0v) is 10.3. The van der Waals surface area contributed by atoms with Crippen LogP contribution in [0.25, 0.3) is 0 Å². The Labute approximate surface area is 99.8 Å². The highest BCUT2D eigenvalue weighted by Crippen LogP contribution is 2.25. The second-order valence-corrected chi connectivity index (χ2v) is 5.10. The number of carbonyl (C=O) groups is 1. The van der Waals surface area contributed by atoms with E-state index in [1.165, 1.54) is 32.8 Å². The van der Waals surface area contributed by atoms with Gasteiger partial charge in [-0.1, -0.05) is 18.9 Å². The first-order valence-corrected chi connectivity index (χ1v) is 6.56. The molecule has 0 aliphatic heterocycles. The molecular formula is C12H17NO2S. The van der Waals surface area contributed by atoms with Gasteiger partial charge >= 0.3 is 5.97 Å². The predicted octanol–water partition coefficient (Wildman–Crippen LogP) is 2.49. The molecule has 0 aromatic carbocycles. The minimum atomic E-state index is -0.284. The van der Waals surface area contributed by atoms with Crippen LogP contribution in [0, 0.1) is 0 Å². The van der Waals surface area contributed by atoms with E-state index >= 15 is 0 Å². The Bertz CT molecular complexity index is 331. The van der Waals surface area contributed by atoms with Gasteiger partial charge in [-0.2, -0.15) is 0 Å². The molecule has 1 aromatic rings. The molecule has 1 heterocycles. The summed E-state index contributed by atoms with van der Waals surface area (Å²) >= 11 is 1.59. The van der Waals surface area contributed by atoms with Crippen LogP contribution in [0.1, 0.15) is 36.6 Å². The molecule has 1 aliphatic carbocycles. The molecule has 0 amide bonds. The number of rotatable bonds is 4. The molecule has 0 radical (unpaired) electrons. The van der Waals surface area contributed by atoms with Crippen molar-refractivity contribution in [3.05, 3.63) is 22.4 Å². The quantitative estimate of drug-likeness (QED) is 0.820. The summed E-state index contributed by atoms with van der Waals surface area (Å²) in [6.45, 7) is 0. The summed E-state index contributed by atoms with van der Waals surface area (Å²) in [6.07, 6.45) is 4.85. The van der Waals surface area contributed by atoms with Crippen LogP contribution in [-0.2, 0) is 9.53 Å². The van der Waals surface area contributed by atoms with E-state index < -0.39 is 0 Å². The fourth-order valence-corrected chi connectivity index (χ4v) is 2.94. The van der Waals surface area contributed by atoms with Crippen molar-refractivity contribution in [1.29, 1.82) is 0 Å². The van der Waals surface area contributed by atoms with E-state index in [1.54, 1.807) is 11.3 Å². The van der Waals surface area contributed by atoms with Crippen LogP contribution in [-0.4, -0.2) is 19.1 Å². The highest BCUT2D eigenvalue weighted by Gasteiger charge is 2.26. The second kappa shape index (κ2) is 5.46. The van der Waals surface area contributed by atoms with E-state index in [0.717, 1.165) is 4.88 Å². The van der Waals surface area contributed by atoms with Gasteiger partial charge in [0.1, 0.15) is 6.04 Å². The normalized spacial score (nSPS) is 18.6. The Kier molecular flexibility index (Phi) is 3.96. The third kappa shape index (κ3) is 2.62. The van der Waals surface area contributed by atoms with Crippen molar-refractivity contribution in [2.24, 2.45) is 0 Å². The van der Waals surface area contributed by atoms with Gasteiger partial charge in [-0.3, -0.25) is 5.32 Å². The van der Waals surface area contributed by atoms with Crippen LogP contribution in [0.2, 0.25) is 0 Å². The monoisotopic (exact) mass is 239 g/mol. The maximum absolute atomic E-state index is 11.7. The topological polar surface area (TPSA) is 38.3 Å². The number of hydrogen-bond acceptors (Lipinski definition) is 4. The minimum absolute atomic E-state index is 0.186. The summed E-state index contributed by atoms with van der Waals surface area (Å²) < 4.78 is 4.85. The Hall–Kier alpha value is -0.870. The van der Waals surface area contributed by atoms with Crippen LogP contribution in [0.15, 0.2) is 17.5 Å². The van der Waals surface area contributed by atoms with Crippen molar-refractivity contribution < 1.29 is 9.53 Å². The molecule has 1 N–H and O–H groups in total. The van der Waals surface area contributed by atoms with Crippen LogP contribution in [0.3, 0.4) is 0 Å². The van der Waals surface area contributed by atoms with Gasteiger partial charge in [0.25, 0.3) is 0 Å².